The van der Waals surface area contributed by atoms with E-state index in [-0.39, 0.29) is 5.91 Å². The first-order valence-electron chi connectivity index (χ1n) is 6.74. The molecule has 3 N–H and O–H groups in total. The van der Waals surface area contributed by atoms with Crippen LogP contribution in [0.2, 0.25) is 0 Å². The van der Waals surface area contributed by atoms with Crippen LogP contribution in [0.4, 0.5) is 5.69 Å². The number of rotatable bonds is 4. The molecule has 2 aromatic rings. The zero-order valence-corrected chi connectivity index (χ0v) is 12.3. The van der Waals surface area contributed by atoms with Crippen molar-refractivity contribution in [1.29, 1.82) is 0 Å². The van der Waals surface area contributed by atoms with Crippen molar-refractivity contribution >= 4 is 22.6 Å². The van der Waals surface area contributed by atoms with Gasteiger partial charge in [-0.15, -0.1) is 0 Å². The molecule has 2 rings (SSSR count). The van der Waals surface area contributed by atoms with Gasteiger partial charge in [-0.3, -0.25) is 9.48 Å². The molecular weight excluding hydrogens is 254 g/mol. The molecule has 1 atom stereocenters. The lowest BCUT2D eigenvalue weighted by Crippen LogP contribution is -2.36. The van der Waals surface area contributed by atoms with Crippen molar-refractivity contribution in [1.82, 2.24) is 14.8 Å². The number of nitrogens with zero attached hydrogens (tertiary/aromatic N) is 3. The van der Waals surface area contributed by atoms with Gasteiger partial charge in [0.1, 0.15) is 0 Å². The van der Waals surface area contributed by atoms with E-state index in [0.29, 0.717) is 18.0 Å². The molecule has 0 aromatic carbocycles. The van der Waals surface area contributed by atoms with Gasteiger partial charge in [-0.25, -0.2) is 4.98 Å². The number of fused-ring (bicyclic) bond motifs is 1. The fraction of sp³-hybridized carbons (Fsp3) is 0.500. The Labute approximate surface area is 118 Å². The molecule has 0 fully saturated rings. The lowest BCUT2D eigenvalue weighted by atomic mass is 10.0. The third-order valence-electron chi connectivity index (χ3n) is 3.19. The Morgan fingerprint density at radius 2 is 2.20 bits per heavy atom. The molecular formula is C14H21N5O. The first kappa shape index (κ1) is 14.5. The maximum Gasteiger partial charge on any atom is 0.241 e. The number of pyridine rings is 1. The van der Waals surface area contributed by atoms with E-state index < -0.39 is 6.04 Å². The van der Waals surface area contributed by atoms with Crippen molar-refractivity contribution in [2.75, 3.05) is 5.32 Å². The Morgan fingerprint density at radius 1 is 1.50 bits per heavy atom. The molecule has 6 heteroatoms. The second-order valence-electron chi connectivity index (χ2n) is 5.53. The molecule has 108 valence electrons. The van der Waals surface area contributed by atoms with Gasteiger partial charge in [-0.05, 0) is 25.3 Å². The fourth-order valence-electron chi connectivity index (χ4n) is 2.23. The summed E-state index contributed by atoms with van der Waals surface area (Å²) in [5.74, 6) is 0.207. The first-order chi connectivity index (χ1) is 9.38. The summed E-state index contributed by atoms with van der Waals surface area (Å²) in [7, 11) is 1.85. The Bertz CT molecular complexity index is 632. The second-order valence-corrected chi connectivity index (χ2v) is 5.53. The number of anilines is 1. The zero-order chi connectivity index (χ0) is 14.9. The topological polar surface area (TPSA) is 85.8 Å². The molecule has 2 aromatic heterocycles. The molecule has 0 aliphatic carbocycles. The van der Waals surface area contributed by atoms with Crippen molar-refractivity contribution in [3.63, 3.8) is 0 Å². The van der Waals surface area contributed by atoms with E-state index in [0.717, 1.165) is 16.7 Å². The Hall–Kier alpha value is -1.95. The summed E-state index contributed by atoms with van der Waals surface area (Å²) < 4.78 is 1.72. The molecule has 0 radical (unpaired) electrons. The lowest BCUT2D eigenvalue weighted by Gasteiger charge is -2.14. The summed E-state index contributed by atoms with van der Waals surface area (Å²) in [6, 6.07) is 1.38. The molecule has 0 unspecified atom stereocenters. The average Bonchev–Trinajstić information content (AvgIpc) is 2.64. The molecule has 0 aliphatic rings. The van der Waals surface area contributed by atoms with Gasteiger partial charge in [-0.2, -0.15) is 5.10 Å². The van der Waals surface area contributed by atoms with Crippen molar-refractivity contribution in [3.05, 3.63) is 18.0 Å². The van der Waals surface area contributed by atoms with Crippen LogP contribution in [-0.2, 0) is 11.8 Å². The molecule has 0 saturated carbocycles. The van der Waals surface area contributed by atoms with Gasteiger partial charge in [0.05, 0.1) is 23.6 Å². The third kappa shape index (κ3) is 2.96. The molecule has 6 nitrogen and oxygen atoms in total. The summed E-state index contributed by atoms with van der Waals surface area (Å²) in [5, 5.41) is 8.05. The minimum absolute atomic E-state index is 0.179. The number of carbonyl (C=O) groups excluding carboxylic acids is 1. The molecule has 0 bridgehead atoms. The van der Waals surface area contributed by atoms with Crippen LogP contribution in [-0.4, -0.2) is 26.7 Å². The number of nitrogens with one attached hydrogen (secondary N) is 1. The van der Waals surface area contributed by atoms with E-state index in [1.165, 1.54) is 0 Å². The second kappa shape index (κ2) is 5.58. The summed E-state index contributed by atoms with van der Waals surface area (Å²) in [4.78, 5) is 16.3. The van der Waals surface area contributed by atoms with Crippen LogP contribution >= 0.6 is 0 Å². The van der Waals surface area contributed by atoms with Gasteiger partial charge in [0.2, 0.25) is 5.91 Å². The summed E-state index contributed by atoms with van der Waals surface area (Å²) in [6.45, 7) is 6.00. The Balaban J connectivity index is 2.18. The highest BCUT2D eigenvalue weighted by molar-refractivity contribution is 5.96. The van der Waals surface area contributed by atoms with E-state index >= 15 is 0 Å². The predicted octanol–water partition coefficient (Wildman–Crippen LogP) is 1.59. The maximum atomic E-state index is 12.0. The van der Waals surface area contributed by atoms with Crippen molar-refractivity contribution < 1.29 is 4.79 Å². The Morgan fingerprint density at radius 3 is 2.85 bits per heavy atom. The molecule has 0 aliphatic heterocycles. The van der Waals surface area contributed by atoms with Crippen LogP contribution in [0, 0.1) is 12.8 Å². The number of nitrogens with two attached hydrogens (primary N) is 1. The monoisotopic (exact) mass is 275 g/mol. The number of hydrogen-bond acceptors (Lipinski definition) is 4. The van der Waals surface area contributed by atoms with E-state index in [2.05, 4.69) is 15.4 Å². The quantitative estimate of drug-likeness (QED) is 0.887. The number of hydrogen-bond donors (Lipinski definition) is 2. The van der Waals surface area contributed by atoms with Gasteiger partial charge >= 0.3 is 0 Å². The Kier molecular flexibility index (Phi) is 4.04. The maximum absolute atomic E-state index is 12.0. The zero-order valence-electron chi connectivity index (χ0n) is 12.3. The highest BCUT2D eigenvalue weighted by atomic mass is 16.2. The molecule has 2 heterocycles. The van der Waals surface area contributed by atoms with Gasteiger partial charge in [0.15, 0.2) is 5.65 Å². The first-order valence-corrected chi connectivity index (χ1v) is 6.74. The van der Waals surface area contributed by atoms with E-state index in [9.17, 15) is 4.79 Å². The average molecular weight is 275 g/mol. The van der Waals surface area contributed by atoms with E-state index in [1.807, 2.05) is 33.9 Å². The van der Waals surface area contributed by atoms with Gasteiger partial charge < -0.3 is 11.1 Å². The molecule has 0 spiro atoms. The van der Waals surface area contributed by atoms with Gasteiger partial charge in [0, 0.05) is 12.4 Å². The normalized spacial score (nSPS) is 12.9. The van der Waals surface area contributed by atoms with Crippen LogP contribution in [0.25, 0.3) is 11.0 Å². The summed E-state index contributed by atoms with van der Waals surface area (Å²) >= 11 is 0. The minimum atomic E-state index is -0.499. The third-order valence-corrected chi connectivity index (χ3v) is 3.19. The minimum Gasteiger partial charge on any atom is -0.323 e. The molecule has 1 amide bonds. The highest BCUT2D eigenvalue weighted by Gasteiger charge is 2.16. The smallest absolute Gasteiger partial charge is 0.241 e. The van der Waals surface area contributed by atoms with Gasteiger partial charge in [-0.1, -0.05) is 13.8 Å². The summed E-state index contributed by atoms with van der Waals surface area (Å²) in [5.41, 5.74) is 8.20. The van der Waals surface area contributed by atoms with Crippen molar-refractivity contribution in [2.24, 2.45) is 18.7 Å². The number of amides is 1. The molecule has 20 heavy (non-hydrogen) atoms. The number of carbonyl (C=O) groups is 1. The lowest BCUT2D eigenvalue weighted by molar-refractivity contribution is -0.117. The van der Waals surface area contributed by atoms with Crippen LogP contribution in [0.1, 0.15) is 26.0 Å². The number of aryl methyl sites for hydroxylation is 2. The SMILES string of the molecule is Cc1nn(C)c2ncc(NC(=O)[C@@H](N)CC(C)C)cc12. The van der Waals surface area contributed by atoms with Crippen molar-refractivity contribution in [3.8, 4) is 0 Å². The van der Waals surface area contributed by atoms with Crippen LogP contribution in [0.3, 0.4) is 0 Å². The highest BCUT2D eigenvalue weighted by Crippen LogP contribution is 2.19. The van der Waals surface area contributed by atoms with Crippen LogP contribution in [0.5, 0.6) is 0 Å². The largest absolute Gasteiger partial charge is 0.323 e. The molecule has 0 saturated heterocycles. The van der Waals surface area contributed by atoms with Gasteiger partial charge in [0.25, 0.3) is 0 Å². The standard InChI is InChI=1S/C14H21N5O/c1-8(2)5-12(15)14(20)17-10-6-11-9(3)18-19(4)13(11)16-7-10/h6-8,12H,5,15H2,1-4H3,(H,17,20)/t12-/m0/s1. The van der Waals surface area contributed by atoms with Crippen molar-refractivity contribution in [2.45, 2.75) is 33.2 Å². The summed E-state index contributed by atoms with van der Waals surface area (Å²) in [6.07, 6.45) is 2.29. The fourth-order valence-corrected chi connectivity index (χ4v) is 2.23. The predicted molar refractivity (Wildman–Crippen MR) is 79.3 cm³/mol. The van der Waals surface area contributed by atoms with E-state index in [4.69, 9.17) is 5.73 Å². The van der Waals surface area contributed by atoms with E-state index in [1.54, 1.807) is 10.9 Å². The number of aromatic nitrogens is 3. The van der Waals surface area contributed by atoms with Crippen LogP contribution in [0.15, 0.2) is 12.3 Å². The van der Waals surface area contributed by atoms with Crippen LogP contribution < -0.4 is 11.1 Å².